The van der Waals surface area contributed by atoms with Crippen LogP contribution in [0.4, 0.5) is 0 Å². The van der Waals surface area contributed by atoms with Crippen LogP contribution in [0.15, 0.2) is 0 Å². The molecule has 0 aromatic heterocycles. The Hall–Kier alpha value is 0. The fraction of sp³-hybridized carbons (Fsp3) is 1.00. The summed E-state index contributed by atoms with van der Waals surface area (Å²) in [4.78, 5) is 0. The van der Waals surface area contributed by atoms with Crippen molar-refractivity contribution in [2.24, 2.45) is 11.3 Å². The van der Waals surface area contributed by atoms with Crippen LogP contribution < -0.4 is 0 Å². The molecular formula is C12H24. The molecule has 1 aliphatic rings. The van der Waals surface area contributed by atoms with E-state index in [4.69, 9.17) is 0 Å². The van der Waals surface area contributed by atoms with Gasteiger partial charge in [-0.05, 0) is 30.6 Å². The number of hydrogen-bond donors (Lipinski definition) is 0. The van der Waals surface area contributed by atoms with Gasteiger partial charge >= 0.3 is 0 Å². The topological polar surface area (TPSA) is 0 Å². The van der Waals surface area contributed by atoms with Crippen molar-refractivity contribution in [1.82, 2.24) is 0 Å². The van der Waals surface area contributed by atoms with Gasteiger partial charge in [0.1, 0.15) is 0 Å². The first-order valence-corrected chi connectivity index (χ1v) is 5.66. The molecule has 0 aromatic rings. The van der Waals surface area contributed by atoms with Crippen LogP contribution in [-0.2, 0) is 0 Å². The predicted octanol–water partition coefficient (Wildman–Crippen LogP) is 4.39. The third kappa shape index (κ3) is 2.80. The average molecular weight is 168 g/mol. The molecular weight excluding hydrogens is 144 g/mol. The lowest BCUT2D eigenvalue weighted by atomic mass is 9.70. The lowest BCUT2D eigenvalue weighted by molar-refractivity contribution is 0.161. The van der Waals surface area contributed by atoms with E-state index in [1.807, 2.05) is 0 Å². The predicted molar refractivity (Wildman–Crippen MR) is 55.3 cm³/mol. The maximum Gasteiger partial charge on any atom is -0.0326 e. The Morgan fingerprint density at radius 3 is 2.33 bits per heavy atom. The van der Waals surface area contributed by atoms with Gasteiger partial charge in [0.25, 0.3) is 0 Å². The molecule has 0 saturated heterocycles. The molecule has 1 aliphatic carbocycles. The monoisotopic (exact) mass is 168 g/mol. The van der Waals surface area contributed by atoms with E-state index in [1.54, 1.807) is 0 Å². The summed E-state index contributed by atoms with van der Waals surface area (Å²) in [6, 6.07) is 0. The van der Waals surface area contributed by atoms with E-state index >= 15 is 0 Å². The lowest BCUT2D eigenvalue weighted by Gasteiger charge is -2.36. The SMILES string of the molecule is CCCCC1(C)CCC(C)CC1. The number of rotatable bonds is 3. The van der Waals surface area contributed by atoms with E-state index in [2.05, 4.69) is 20.8 Å². The fourth-order valence-electron chi connectivity index (χ4n) is 2.31. The maximum atomic E-state index is 2.49. The van der Waals surface area contributed by atoms with Crippen molar-refractivity contribution in [2.75, 3.05) is 0 Å². The largest absolute Gasteiger partial charge is 0.0654 e. The number of unbranched alkanes of at least 4 members (excludes halogenated alkanes) is 1. The number of hydrogen-bond acceptors (Lipinski definition) is 0. The molecule has 0 amide bonds. The first-order valence-electron chi connectivity index (χ1n) is 5.66. The third-order valence-electron chi connectivity index (χ3n) is 3.62. The van der Waals surface area contributed by atoms with Gasteiger partial charge in [0, 0.05) is 0 Å². The molecule has 0 spiro atoms. The molecule has 0 heteroatoms. The highest BCUT2D eigenvalue weighted by molar-refractivity contribution is 4.80. The van der Waals surface area contributed by atoms with Gasteiger partial charge in [0.15, 0.2) is 0 Å². The van der Waals surface area contributed by atoms with E-state index in [0.717, 1.165) is 5.92 Å². The second-order valence-electron chi connectivity index (χ2n) is 5.10. The summed E-state index contributed by atoms with van der Waals surface area (Å²) in [5.41, 5.74) is 0.711. The molecule has 1 rings (SSSR count). The molecule has 0 N–H and O–H groups in total. The fourth-order valence-corrected chi connectivity index (χ4v) is 2.31. The molecule has 12 heavy (non-hydrogen) atoms. The smallest absolute Gasteiger partial charge is 0.0326 e. The quantitative estimate of drug-likeness (QED) is 0.586. The molecule has 1 saturated carbocycles. The van der Waals surface area contributed by atoms with Gasteiger partial charge in [-0.15, -0.1) is 0 Å². The van der Waals surface area contributed by atoms with Crippen molar-refractivity contribution in [3.8, 4) is 0 Å². The molecule has 0 aliphatic heterocycles. The van der Waals surface area contributed by atoms with Crippen LogP contribution in [0.1, 0.15) is 65.7 Å². The molecule has 0 nitrogen and oxygen atoms in total. The van der Waals surface area contributed by atoms with Gasteiger partial charge < -0.3 is 0 Å². The molecule has 72 valence electrons. The van der Waals surface area contributed by atoms with Crippen molar-refractivity contribution in [3.05, 3.63) is 0 Å². The Kier molecular flexibility index (Phi) is 3.61. The molecule has 1 fully saturated rings. The summed E-state index contributed by atoms with van der Waals surface area (Å²) in [6.45, 7) is 7.20. The van der Waals surface area contributed by atoms with Crippen LogP contribution >= 0.6 is 0 Å². The first-order chi connectivity index (χ1) is 5.66. The van der Waals surface area contributed by atoms with Gasteiger partial charge in [-0.2, -0.15) is 0 Å². The van der Waals surface area contributed by atoms with E-state index in [0.29, 0.717) is 5.41 Å². The Morgan fingerprint density at radius 2 is 1.83 bits per heavy atom. The maximum absolute atomic E-state index is 2.49. The Morgan fingerprint density at radius 1 is 1.25 bits per heavy atom. The first kappa shape index (κ1) is 10.1. The lowest BCUT2D eigenvalue weighted by Crippen LogP contribution is -2.23. The van der Waals surface area contributed by atoms with E-state index in [9.17, 15) is 0 Å². The van der Waals surface area contributed by atoms with Crippen molar-refractivity contribution >= 4 is 0 Å². The van der Waals surface area contributed by atoms with Crippen LogP contribution in [0.2, 0.25) is 0 Å². The zero-order valence-corrected chi connectivity index (χ0v) is 9.03. The average Bonchev–Trinajstić information content (AvgIpc) is 2.08. The minimum Gasteiger partial charge on any atom is -0.0654 e. The minimum absolute atomic E-state index is 0.711. The van der Waals surface area contributed by atoms with Crippen LogP contribution in [0.25, 0.3) is 0 Å². The van der Waals surface area contributed by atoms with Gasteiger partial charge in [-0.25, -0.2) is 0 Å². The zero-order chi connectivity index (χ0) is 9.03. The molecule has 0 aromatic carbocycles. The van der Waals surface area contributed by atoms with Gasteiger partial charge in [0.05, 0.1) is 0 Å². The van der Waals surface area contributed by atoms with E-state index in [1.165, 1.54) is 44.9 Å². The van der Waals surface area contributed by atoms with Gasteiger partial charge in [-0.3, -0.25) is 0 Å². The van der Waals surface area contributed by atoms with Crippen LogP contribution in [0.3, 0.4) is 0 Å². The summed E-state index contributed by atoms with van der Waals surface area (Å²) >= 11 is 0. The van der Waals surface area contributed by atoms with Gasteiger partial charge in [-0.1, -0.05) is 46.5 Å². The van der Waals surface area contributed by atoms with Crippen LogP contribution in [-0.4, -0.2) is 0 Å². The van der Waals surface area contributed by atoms with Crippen LogP contribution in [0.5, 0.6) is 0 Å². The van der Waals surface area contributed by atoms with Crippen molar-refractivity contribution in [3.63, 3.8) is 0 Å². The third-order valence-corrected chi connectivity index (χ3v) is 3.62. The van der Waals surface area contributed by atoms with E-state index in [-0.39, 0.29) is 0 Å². The molecule has 0 atom stereocenters. The van der Waals surface area contributed by atoms with Gasteiger partial charge in [0.2, 0.25) is 0 Å². The highest BCUT2D eigenvalue weighted by Gasteiger charge is 2.28. The summed E-state index contributed by atoms with van der Waals surface area (Å²) in [7, 11) is 0. The second kappa shape index (κ2) is 4.30. The molecule has 0 unspecified atom stereocenters. The van der Waals surface area contributed by atoms with Crippen molar-refractivity contribution in [2.45, 2.75) is 65.7 Å². The molecule has 0 bridgehead atoms. The Labute approximate surface area is 77.7 Å². The second-order valence-corrected chi connectivity index (χ2v) is 5.10. The summed E-state index contributed by atoms with van der Waals surface area (Å²) in [5.74, 6) is 1.000. The Balaban J connectivity index is 2.29. The molecule has 0 heterocycles. The van der Waals surface area contributed by atoms with Crippen molar-refractivity contribution < 1.29 is 0 Å². The summed E-state index contributed by atoms with van der Waals surface area (Å²) < 4.78 is 0. The Bertz CT molecular complexity index is 112. The highest BCUT2D eigenvalue weighted by atomic mass is 14.3. The summed E-state index contributed by atoms with van der Waals surface area (Å²) in [5, 5.41) is 0. The standard InChI is InChI=1S/C12H24/c1-4-5-8-12(3)9-6-11(2)7-10-12/h11H,4-10H2,1-3H3. The van der Waals surface area contributed by atoms with Crippen LogP contribution in [0, 0.1) is 11.3 Å². The van der Waals surface area contributed by atoms with E-state index < -0.39 is 0 Å². The normalized spacial score (nSPS) is 36.8. The summed E-state index contributed by atoms with van der Waals surface area (Å²) in [6.07, 6.45) is 10.2. The molecule has 0 radical (unpaired) electrons. The minimum atomic E-state index is 0.711. The highest BCUT2D eigenvalue weighted by Crippen LogP contribution is 2.41. The zero-order valence-electron chi connectivity index (χ0n) is 9.03. The van der Waals surface area contributed by atoms with Crippen molar-refractivity contribution in [1.29, 1.82) is 0 Å².